The van der Waals surface area contributed by atoms with E-state index >= 15 is 0 Å². The smallest absolute Gasteiger partial charge is 0.254 e. The zero-order valence-electron chi connectivity index (χ0n) is 15.5. The fourth-order valence-corrected chi connectivity index (χ4v) is 3.95. The van der Waals surface area contributed by atoms with Gasteiger partial charge in [-0.25, -0.2) is 4.98 Å². The Balaban J connectivity index is 1.78. The van der Waals surface area contributed by atoms with E-state index in [0.29, 0.717) is 23.0 Å². The van der Waals surface area contributed by atoms with Gasteiger partial charge in [-0.2, -0.15) is 0 Å². The number of hydrogen-bond acceptors (Lipinski definition) is 3. The van der Waals surface area contributed by atoms with Gasteiger partial charge >= 0.3 is 0 Å². The fourth-order valence-electron chi connectivity index (χ4n) is 3.95. The highest BCUT2D eigenvalue weighted by Crippen LogP contribution is 2.34. The molecule has 1 saturated carbocycles. The lowest BCUT2D eigenvalue weighted by molar-refractivity contribution is -0.121. The van der Waals surface area contributed by atoms with Crippen molar-refractivity contribution in [2.24, 2.45) is 5.92 Å². The van der Waals surface area contributed by atoms with E-state index in [1.165, 1.54) is 19.3 Å². The van der Waals surface area contributed by atoms with Crippen LogP contribution in [0.15, 0.2) is 35.1 Å². The van der Waals surface area contributed by atoms with Gasteiger partial charge in [-0.3, -0.25) is 9.59 Å². The number of nitrogens with zero attached hydrogens (tertiary/aromatic N) is 1. The summed E-state index contributed by atoms with van der Waals surface area (Å²) in [5.41, 5.74) is 1.98. The monoisotopic (exact) mass is 353 g/mol. The van der Waals surface area contributed by atoms with Crippen molar-refractivity contribution in [3.8, 4) is 0 Å². The zero-order chi connectivity index (χ0) is 18.5. The quantitative estimate of drug-likeness (QED) is 0.865. The van der Waals surface area contributed by atoms with Gasteiger partial charge in [0, 0.05) is 11.3 Å². The van der Waals surface area contributed by atoms with E-state index in [1.54, 1.807) is 13.8 Å². The molecule has 1 aliphatic carbocycles. The van der Waals surface area contributed by atoms with Crippen molar-refractivity contribution in [3.05, 3.63) is 63.3 Å². The maximum atomic E-state index is 12.7. The third kappa shape index (κ3) is 4.40. The minimum atomic E-state index is -0.223. The highest BCUT2D eigenvalue weighted by Gasteiger charge is 2.27. The maximum absolute atomic E-state index is 12.7. The lowest BCUT2D eigenvalue weighted by atomic mass is 9.81. The molecule has 1 aromatic heterocycles. The van der Waals surface area contributed by atoms with Crippen LogP contribution in [-0.2, 0) is 11.2 Å². The van der Waals surface area contributed by atoms with Crippen molar-refractivity contribution >= 4 is 5.91 Å². The van der Waals surface area contributed by atoms with Gasteiger partial charge in [-0.15, -0.1) is 0 Å². The third-order valence-electron chi connectivity index (χ3n) is 5.27. The highest BCUT2D eigenvalue weighted by atomic mass is 16.2. The number of rotatable bonds is 5. The SMILES string of the molecule is Cc1nc(C)c(CC(=O)NC(c2ccccc2)C2CCCCC2)c(=O)[nH]1. The van der Waals surface area contributed by atoms with Crippen LogP contribution in [0.4, 0.5) is 0 Å². The second kappa shape index (κ2) is 8.30. The minimum absolute atomic E-state index is 0.00166. The second-order valence-electron chi connectivity index (χ2n) is 7.25. The summed E-state index contributed by atoms with van der Waals surface area (Å²) in [6, 6.07) is 10.2. The van der Waals surface area contributed by atoms with Crippen molar-refractivity contribution < 1.29 is 4.79 Å². The molecule has 26 heavy (non-hydrogen) atoms. The Labute approximate surface area is 154 Å². The average molecular weight is 353 g/mol. The molecule has 0 saturated heterocycles. The first-order valence-electron chi connectivity index (χ1n) is 9.45. The van der Waals surface area contributed by atoms with Gasteiger partial charge in [-0.1, -0.05) is 49.6 Å². The number of aromatic nitrogens is 2. The van der Waals surface area contributed by atoms with Crippen LogP contribution in [0.1, 0.15) is 60.8 Å². The number of carbonyl (C=O) groups excluding carboxylic acids is 1. The summed E-state index contributed by atoms with van der Waals surface area (Å²) in [4.78, 5) is 31.9. The number of benzene rings is 1. The molecule has 0 aliphatic heterocycles. The molecular formula is C21H27N3O2. The molecule has 0 spiro atoms. The zero-order valence-corrected chi connectivity index (χ0v) is 15.5. The van der Waals surface area contributed by atoms with E-state index < -0.39 is 0 Å². The molecule has 1 atom stereocenters. The van der Waals surface area contributed by atoms with Crippen LogP contribution in [0.5, 0.6) is 0 Å². The normalized spacial score (nSPS) is 16.2. The van der Waals surface area contributed by atoms with E-state index in [2.05, 4.69) is 27.4 Å². The Kier molecular flexibility index (Phi) is 5.86. The van der Waals surface area contributed by atoms with Crippen LogP contribution in [0.3, 0.4) is 0 Å². The summed E-state index contributed by atoms with van der Waals surface area (Å²) in [6.45, 7) is 3.52. The number of hydrogen-bond donors (Lipinski definition) is 2. The molecule has 138 valence electrons. The van der Waals surface area contributed by atoms with Gasteiger partial charge in [-0.05, 0) is 38.2 Å². The summed E-state index contributed by atoms with van der Waals surface area (Å²) < 4.78 is 0. The van der Waals surface area contributed by atoms with Gasteiger partial charge in [0.25, 0.3) is 5.56 Å². The molecule has 1 unspecified atom stereocenters. The van der Waals surface area contributed by atoms with Crippen LogP contribution < -0.4 is 10.9 Å². The maximum Gasteiger partial charge on any atom is 0.254 e. The first-order chi connectivity index (χ1) is 12.5. The van der Waals surface area contributed by atoms with Crippen LogP contribution in [0, 0.1) is 19.8 Å². The van der Waals surface area contributed by atoms with Crippen molar-refractivity contribution in [1.29, 1.82) is 0 Å². The Bertz CT molecular complexity index is 808. The van der Waals surface area contributed by atoms with Crippen LogP contribution >= 0.6 is 0 Å². The van der Waals surface area contributed by atoms with Crippen LogP contribution in [0.2, 0.25) is 0 Å². The lowest BCUT2D eigenvalue weighted by Gasteiger charge is -2.31. The number of carbonyl (C=O) groups is 1. The number of nitrogens with one attached hydrogen (secondary N) is 2. The molecule has 1 aromatic carbocycles. The predicted octanol–water partition coefficient (Wildman–Crippen LogP) is 3.37. The molecule has 3 rings (SSSR count). The Hall–Kier alpha value is -2.43. The fraction of sp³-hybridized carbons (Fsp3) is 0.476. The second-order valence-corrected chi connectivity index (χ2v) is 7.25. The molecule has 1 aliphatic rings. The molecule has 5 heteroatoms. The van der Waals surface area contributed by atoms with Crippen molar-refractivity contribution in [1.82, 2.24) is 15.3 Å². The van der Waals surface area contributed by atoms with Gasteiger partial charge in [0.05, 0.1) is 12.5 Å². The number of amides is 1. The van der Waals surface area contributed by atoms with E-state index in [4.69, 9.17) is 0 Å². The van der Waals surface area contributed by atoms with Gasteiger partial charge < -0.3 is 10.3 Å². The number of aromatic amines is 1. The molecule has 0 radical (unpaired) electrons. The Morgan fingerprint density at radius 2 is 1.88 bits per heavy atom. The standard InChI is InChI=1S/C21H27N3O2/c1-14-18(21(26)23-15(2)22-14)13-19(25)24-20(16-9-5-3-6-10-16)17-11-7-4-8-12-17/h3,5-6,9-10,17,20H,4,7-8,11-13H2,1-2H3,(H,24,25)(H,22,23,26). The highest BCUT2D eigenvalue weighted by molar-refractivity contribution is 5.79. The van der Waals surface area contributed by atoms with Crippen molar-refractivity contribution in [2.45, 2.75) is 58.4 Å². The number of aryl methyl sites for hydroxylation is 2. The first kappa shape index (κ1) is 18.4. The Morgan fingerprint density at radius 1 is 1.19 bits per heavy atom. The minimum Gasteiger partial charge on any atom is -0.349 e. The molecule has 2 N–H and O–H groups in total. The first-order valence-corrected chi connectivity index (χ1v) is 9.45. The van der Waals surface area contributed by atoms with Crippen LogP contribution in [0.25, 0.3) is 0 Å². The summed E-state index contributed by atoms with van der Waals surface area (Å²) in [5, 5.41) is 3.20. The molecule has 0 bridgehead atoms. The summed E-state index contributed by atoms with van der Waals surface area (Å²) >= 11 is 0. The van der Waals surface area contributed by atoms with Gasteiger partial charge in [0.2, 0.25) is 5.91 Å². The third-order valence-corrected chi connectivity index (χ3v) is 5.27. The van der Waals surface area contributed by atoms with E-state index in [9.17, 15) is 9.59 Å². The molecule has 2 aromatic rings. The van der Waals surface area contributed by atoms with E-state index in [0.717, 1.165) is 18.4 Å². The average Bonchev–Trinajstić information content (AvgIpc) is 2.64. The van der Waals surface area contributed by atoms with Gasteiger partial charge in [0.1, 0.15) is 5.82 Å². The lowest BCUT2D eigenvalue weighted by Crippen LogP contribution is -2.36. The molecule has 5 nitrogen and oxygen atoms in total. The molecule has 1 fully saturated rings. The molecular weight excluding hydrogens is 326 g/mol. The topological polar surface area (TPSA) is 74.8 Å². The summed E-state index contributed by atoms with van der Waals surface area (Å²) in [5.74, 6) is 0.898. The molecule has 1 heterocycles. The Morgan fingerprint density at radius 3 is 2.54 bits per heavy atom. The number of H-pyrrole nitrogens is 1. The predicted molar refractivity (Wildman–Crippen MR) is 102 cm³/mol. The van der Waals surface area contributed by atoms with Crippen molar-refractivity contribution in [3.63, 3.8) is 0 Å². The van der Waals surface area contributed by atoms with Gasteiger partial charge in [0.15, 0.2) is 0 Å². The summed E-state index contributed by atoms with van der Waals surface area (Å²) in [7, 11) is 0. The van der Waals surface area contributed by atoms with Crippen molar-refractivity contribution in [2.75, 3.05) is 0 Å². The largest absolute Gasteiger partial charge is 0.349 e. The summed E-state index contributed by atoms with van der Waals surface area (Å²) in [6.07, 6.45) is 6.02. The van der Waals surface area contributed by atoms with Crippen LogP contribution in [-0.4, -0.2) is 15.9 Å². The van der Waals surface area contributed by atoms with E-state index in [-0.39, 0.29) is 23.9 Å². The molecule has 1 amide bonds. The van der Waals surface area contributed by atoms with E-state index in [1.807, 2.05) is 18.2 Å².